The first-order chi connectivity index (χ1) is 4.41. The molecule has 0 aliphatic heterocycles. The van der Waals surface area contributed by atoms with Crippen molar-refractivity contribution >= 4 is 16.2 Å². The van der Waals surface area contributed by atoms with Gasteiger partial charge in [-0.2, -0.15) is 0 Å². The van der Waals surface area contributed by atoms with E-state index in [9.17, 15) is 0 Å². The Morgan fingerprint density at radius 3 is 1.11 bits per heavy atom. The minimum absolute atomic E-state index is 0.0556. The first-order valence-corrected chi connectivity index (χ1v) is 5.24. The van der Waals surface area contributed by atoms with Gasteiger partial charge in [0.1, 0.15) is 0 Å². The van der Waals surface area contributed by atoms with Gasteiger partial charge >= 0.3 is 114 Å². The second-order valence-electron chi connectivity index (χ2n) is 0.0833. The molecule has 0 aliphatic carbocycles. The van der Waals surface area contributed by atoms with Crippen molar-refractivity contribution < 1.29 is 97.8 Å². The van der Waals surface area contributed by atoms with E-state index in [4.69, 9.17) is 14.2 Å². The number of hydrogen-bond acceptors (Lipinski definition) is 5. The SMILES string of the molecule is [O]=[AlH].[O]=[Ce].[O]=[Ti]=[O].[O]=[Zr]. The van der Waals surface area contributed by atoms with Crippen LogP contribution in [0, 0.1) is 39.8 Å². The molecule has 0 N–H and O–H groups in total. The standard InChI is InChI=1S/Al.Ce.5O.Ti.Zr.H. The van der Waals surface area contributed by atoms with Crippen LogP contribution < -0.4 is 0 Å². The van der Waals surface area contributed by atoms with Gasteiger partial charge in [-0.15, -0.1) is 0 Å². The fourth-order valence-corrected chi connectivity index (χ4v) is 0. The topological polar surface area (TPSA) is 85.3 Å². The van der Waals surface area contributed by atoms with E-state index in [1.54, 1.807) is 0 Å². The van der Waals surface area contributed by atoms with Crippen molar-refractivity contribution in [2.45, 2.75) is 0 Å². The van der Waals surface area contributed by atoms with Crippen molar-refractivity contribution in [2.24, 2.45) is 0 Å². The van der Waals surface area contributed by atoms with Gasteiger partial charge in [-0.3, -0.25) is 0 Å². The molecular formula is HAlCeO5TiZr. The molecule has 0 atom stereocenters. The van der Waals surface area contributed by atoms with E-state index < -0.39 is 19.1 Å². The monoisotopic (exact) mass is 386 g/mol. The van der Waals surface area contributed by atoms with Crippen LogP contribution in [0.4, 0.5) is 0 Å². The van der Waals surface area contributed by atoms with Crippen molar-refractivity contribution in [3.8, 4) is 0 Å². The minimum atomic E-state index is -2.00. The van der Waals surface area contributed by atoms with Gasteiger partial charge in [0.2, 0.25) is 0 Å². The molecule has 0 bridgehead atoms. The van der Waals surface area contributed by atoms with E-state index in [-0.39, 0.29) is 39.8 Å². The third kappa shape index (κ3) is 121. The van der Waals surface area contributed by atoms with Crippen LogP contribution in [0.25, 0.3) is 0 Å². The molecule has 0 aliphatic rings. The van der Waals surface area contributed by atoms with E-state index in [0.29, 0.717) is 40.9 Å². The number of hydrogen-bond donors (Lipinski definition) is 0. The summed E-state index contributed by atoms with van der Waals surface area (Å²) in [6.07, 6.45) is 0. The Balaban J connectivity index is -0.0000000190. The molecule has 0 fully saturated rings. The van der Waals surface area contributed by atoms with Crippen molar-refractivity contribution in [3.05, 3.63) is 0 Å². The van der Waals surface area contributed by atoms with Crippen LogP contribution in [-0.4, -0.2) is 16.2 Å². The number of rotatable bonds is 0. The molecule has 0 aromatic carbocycles. The summed E-state index contributed by atoms with van der Waals surface area (Å²) in [6, 6.07) is 0. The Hall–Kier alpha value is 2.51. The van der Waals surface area contributed by atoms with Gasteiger partial charge in [-0.25, -0.2) is 0 Å². The van der Waals surface area contributed by atoms with Crippen molar-refractivity contribution in [1.29, 1.82) is 0 Å². The molecule has 0 saturated heterocycles. The molecule has 0 rings (SSSR count). The normalized spacial score (nSPS) is 1.89. The Bertz CT molecular complexity index is 59.2. The molecule has 0 amide bonds. The summed E-state index contributed by atoms with van der Waals surface area (Å²) in [5.41, 5.74) is 0. The Labute approximate surface area is 111 Å². The fourth-order valence-electron chi connectivity index (χ4n) is 0. The van der Waals surface area contributed by atoms with Crippen LogP contribution in [0.3, 0.4) is 0 Å². The summed E-state index contributed by atoms with van der Waals surface area (Å²) in [6.45, 7) is 0. The molecule has 9 heteroatoms. The maximum absolute atomic E-state index is 8.50. The summed E-state index contributed by atoms with van der Waals surface area (Å²) in [5, 5.41) is 0. The van der Waals surface area contributed by atoms with Crippen molar-refractivity contribution in [3.63, 3.8) is 0 Å². The second kappa shape index (κ2) is 77.2. The Morgan fingerprint density at radius 1 is 1.11 bits per heavy atom. The van der Waals surface area contributed by atoms with Crippen LogP contribution in [-0.2, 0) is 58.0 Å². The molecule has 0 spiro atoms. The molecule has 0 aromatic heterocycles. The predicted octanol–water partition coefficient (Wildman–Crippen LogP) is -1.25. The van der Waals surface area contributed by atoms with Gasteiger partial charge in [-0.05, 0) is 0 Å². The third-order valence-corrected chi connectivity index (χ3v) is 0. The van der Waals surface area contributed by atoms with Crippen molar-refractivity contribution in [2.75, 3.05) is 0 Å². The molecule has 0 aromatic rings. The summed E-state index contributed by atoms with van der Waals surface area (Å²) < 4.78 is 42.0. The zero-order valence-electron chi connectivity index (χ0n) is 4.25. The Kier molecular flexibility index (Phi) is 193. The van der Waals surface area contributed by atoms with Crippen LogP contribution in [0.5, 0.6) is 0 Å². The summed E-state index contributed by atoms with van der Waals surface area (Å²) in [7, 11) is 0. The van der Waals surface area contributed by atoms with Crippen LogP contribution in [0.2, 0.25) is 0 Å². The van der Waals surface area contributed by atoms with E-state index >= 15 is 0 Å². The van der Waals surface area contributed by atoms with E-state index in [2.05, 4.69) is 0 Å². The van der Waals surface area contributed by atoms with Gasteiger partial charge < -0.3 is 0 Å². The molecule has 0 saturated carbocycles. The fraction of sp³-hybridized carbons (Fsp3) is 0. The van der Waals surface area contributed by atoms with Gasteiger partial charge in [0.15, 0.2) is 0 Å². The summed E-state index contributed by atoms with van der Waals surface area (Å²) in [4.78, 5) is 0. The van der Waals surface area contributed by atoms with Crippen molar-refractivity contribution in [1.82, 2.24) is 0 Å². The molecule has 0 radical (unpaired) electrons. The van der Waals surface area contributed by atoms with Gasteiger partial charge in [0.05, 0.1) is 0 Å². The van der Waals surface area contributed by atoms with E-state index in [0.717, 1.165) is 0 Å². The summed E-state index contributed by atoms with van der Waals surface area (Å²) >= 11 is -1.03. The Morgan fingerprint density at radius 2 is 1.11 bits per heavy atom. The van der Waals surface area contributed by atoms with Crippen LogP contribution in [0.1, 0.15) is 0 Å². The van der Waals surface area contributed by atoms with Gasteiger partial charge in [-0.1, -0.05) is 0 Å². The predicted molar refractivity (Wildman–Crippen MR) is 10.6 cm³/mol. The first-order valence-electron chi connectivity index (χ1n) is 1.11. The molecule has 0 heterocycles. The van der Waals surface area contributed by atoms with E-state index in [1.807, 2.05) is 0 Å². The molecule has 5 nitrogen and oxygen atoms in total. The van der Waals surface area contributed by atoms with Crippen LogP contribution in [0.15, 0.2) is 0 Å². The second-order valence-corrected chi connectivity index (χ2v) is 0.344. The maximum atomic E-state index is 8.50. The quantitative estimate of drug-likeness (QED) is 0.485. The summed E-state index contributed by atoms with van der Waals surface area (Å²) in [5.74, 6) is 0. The van der Waals surface area contributed by atoms with Gasteiger partial charge in [0.25, 0.3) is 0 Å². The van der Waals surface area contributed by atoms with Gasteiger partial charge in [0, 0.05) is 0 Å². The van der Waals surface area contributed by atoms with Crippen LogP contribution >= 0.6 is 0 Å². The average molecular weight is 387 g/mol. The molecule has 46 valence electrons. The molecule has 0 unspecified atom stereocenters. The zero-order valence-corrected chi connectivity index (χ0v) is 12.8. The zero-order chi connectivity index (χ0) is 8.71. The molecular weight excluding hydrogens is 386 g/mol. The molecule has 9 heavy (non-hydrogen) atoms. The average Bonchev–Trinajstić information content (AvgIpc) is 2.01. The first kappa shape index (κ1) is 22.5. The van der Waals surface area contributed by atoms with E-state index in [1.165, 1.54) is 0 Å². The third-order valence-electron chi connectivity index (χ3n) is 0.